The van der Waals surface area contributed by atoms with Crippen molar-refractivity contribution in [3.05, 3.63) is 64.0 Å². The van der Waals surface area contributed by atoms with Gasteiger partial charge in [-0.3, -0.25) is 10.1 Å². The van der Waals surface area contributed by atoms with E-state index in [1.54, 1.807) is 27.0 Å². The van der Waals surface area contributed by atoms with E-state index in [9.17, 15) is 15.2 Å². The molecule has 0 amide bonds. The Bertz CT molecular complexity index is 1250. The molecule has 2 aromatic carbocycles. The quantitative estimate of drug-likeness (QED) is 0.366. The first-order valence-electron chi connectivity index (χ1n) is 10.8. The Hall–Kier alpha value is -3.70. The molecule has 1 saturated heterocycles. The molecule has 0 saturated carbocycles. The van der Waals surface area contributed by atoms with Crippen LogP contribution in [0.3, 0.4) is 0 Å². The fourth-order valence-electron chi connectivity index (χ4n) is 4.13. The lowest BCUT2D eigenvalue weighted by atomic mass is 9.88. The largest absolute Gasteiger partial charge is 0.496 e. The minimum atomic E-state index is -1.18. The number of aromatic nitrogens is 2. The molecule has 1 aliphatic rings. The Morgan fingerprint density at radius 3 is 2.58 bits per heavy atom. The molecule has 8 heteroatoms. The van der Waals surface area contributed by atoms with Gasteiger partial charge in [-0.05, 0) is 56.2 Å². The molecule has 170 valence electrons. The number of benzene rings is 2. The van der Waals surface area contributed by atoms with Crippen LogP contribution in [0, 0.1) is 22.0 Å². The molecule has 1 aliphatic heterocycles. The van der Waals surface area contributed by atoms with E-state index >= 15 is 0 Å². The van der Waals surface area contributed by atoms with Crippen molar-refractivity contribution in [2.45, 2.75) is 38.2 Å². The van der Waals surface area contributed by atoms with Gasteiger partial charge in [0.1, 0.15) is 17.2 Å². The predicted molar refractivity (Wildman–Crippen MR) is 127 cm³/mol. The number of aliphatic hydroxyl groups is 1. The lowest BCUT2D eigenvalue weighted by Gasteiger charge is -2.34. The summed E-state index contributed by atoms with van der Waals surface area (Å²) >= 11 is 0. The zero-order valence-corrected chi connectivity index (χ0v) is 18.9. The number of hydrogen-bond acceptors (Lipinski definition) is 7. The number of piperidine rings is 1. The van der Waals surface area contributed by atoms with E-state index in [4.69, 9.17) is 4.74 Å². The highest BCUT2D eigenvalue weighted by Crippen LogP contribution is 2.36. The van der Waals surface area contributed by atoms with Crippen LogP contribution in [0.25, 0.3) is 10.9 Å². The third kappa shape index (κ3) is 5.04. The molecule has 4 rings (SSSR count). The maximum Gasteiger partial charge on any atom is 0.270 e. The molecule has 8 nitrogen and oxygen atoms in total. The van der Waals surface area contributed by atoms with Crippen molar-refractivity contribution in [2.75, 3.05) is 25.1 Å². The van der Waals surface area contributed by atoms with Crippen LogP contribution in [-0.2, 0) is 0 Å². The van der Waals surface area contributed by atoms with Crippen molar-refractivity contribution in [3.8, 4) is 17.6 Å². The van der Waals surface area contributed by atoms with Crippen LogP contribution in [0.1, 0.15) is 44.0 Å². The topological polar surface area (TPSA) is 102 Å². The number of anilines is 1. The van der Waals surface area contributed by atoms with Gasteiger partial charge in [0, 0.05) is 30.6 Å². The second kappa shape index (κ2) is 9.04. The average Bonchev–Trinajstić information content (AvgIpc) is 2.81. The summed E-state index contributed by atoms with van der Waals surface area (Å²) < 4.78 is 5.54. The van der Waals surface area contributed by atoms with Gasteiger partial charge in [-0.1, -0.05) is 24.1 Å². The fourth-order valence-corrected chi connectivity index (χ4v) is 4.13. The van der Waals surface area contributed by atoms with Crippen molar-refractivity contribution >= 4 is 22.4 Å². The summed E-state index contributed by atoms with van der Waals surface area (Å²) in [6, 6.07) is 12.6. The highest BCUT2D eigenvalue weighted by Gasteiger charge is 2.26. The number of para-hydroxylation sites is 1. The highest BCUT2D eigenvalue weighted by atomic mass is 16.6. The normalized spacial score (nSPS) is 14.6. The smallest absolute Gasteiger partial charge is 0.270 e. The zero-order chi connectivity index (χ0) is 23.6. The molecule has 0 unspecified atom stereocenters. The van der Waals surface area contributed by atoms with E-state index in [0.29, 0.717) is 22.6 Å². The van der Waals surface area contributed by atoms with E-state index in [1.807, 2.05) is 18.2 Å². The lowest BCUT2D eigenvalue weighted by molar-refractivity contribution is -0.384. The van der Waals surface area contributed by atoms with E-state index in [-0.39, 0.29) is 11.5 Å². The Morgan fingerprint density at radius 1 is 1.18 bits per heavy atom. The number of ether oxygens (including phenoxy) is 1. The van der Waals surface area contributed by atoms with E-state index < -0.39 is 10.5 Å². The van der Waals surface area contributed by atoms with E-state index in [0.717, 1.165) is 31.7 Å². The third-order valence-electron chi connectivity index (χ3n) is 5.72. The van der Waals surface area contributed by atoms with Gasteiger partial charge < -0.3 is 14.7 Å². The van der Waals surface area contributed by atoms with Gasteiger partial charge >= 0.3 is 0 Å². The molecule has 0 aliphatic carbocycles. The first-order chi connectivity index (χ1) is 15.7. The molecule has 0 atom stereocenters. The van der Waals surface area contributed by atoms with Crippen molar-refractivity contribution in [3.63, 3.8) is 0 Å². The van der Waals surface area contributed by atoms with Crippen molar-refractivity contribution in [1.29, 1.82) is 0 Å². The molecule has 0 radical (unpaired) electrons. The first kappa shape index (κ1) is 22.5. The van der Waals surface area contributed by atoms with Crippen molar-refractivity contribution in [1.82, 2.24) is 9.97 Å². The van der Waals surface area contributed by atoms with Crippen LogP contribution >= 0.6 is 0 Å². The number of nitro groups is 1. The number of hydrogen-bond donors (Lipinski definition) is 1. The van der Waals surface area contributed by atoms with Gasteiger partial charge in [0.15, 0.2) is 0 Å². The maximum absolute atomic E-state index is 11.4. The van der Waals surface area contributed by atoms with Crippen LogP contribution in [0.15, 0.2) is 42.5 Å². The molecule has 1 aromatic heterocycles. The monoisotopic (exact) mass is 446 g/mol. The Labute approximate surface area is 192 Å². The summed E-state index contributed by atoms with van der Waals surface area (Å²) in [5, 5.41) is 21.9. The van der Waals surface area contributed by atoms with Gasteiger partial charge in [-0.25, -0.2) is 9.97 Å². The summed E-state index contributed by atoms with van der Waals surface area (Å²) in [4.78, 5) is 22.2. The average molecular weight is 447 g/mol. The maximum atomic E-state index is 11.4. The summed E-state index contributed by atoms with van der Waals surface area (Å²) in [6.07, 6.45) is 1.79. The Kier molecular flexibility index (Phi) is 6.16. The standard InChI is InChI=1S/C25H26N4O4/c1-25(2,30)13-10-23-26-21-9-8-18(29(31)32)16-20(21)24(27-23)28-14-11-17(12-15-28)19-6-4-5-7-22(19)33-3/h4-9,16-17,30H,11-12,14-15H2,1-3H3. The van der Waals surface area contributed by atoms with Crippen LogP contribution < -0.4 is 9.64 Å². The predicted octanol–water partition coefficient (Wildman–Crippen LogP) is 4.05. The van der Waals surface area contributed by atoms with Crippen LogP contribution in [-0.4, -0.2) is 45.8 Å². The number of methoxy groups -OCH3 is 1. The fraction of sp³-hybridized carbons (Fsp3) is 0.360. The van der Waals surface area contributed by atoms with Crippen molar-refractivity contribution < 1.29 is 14.8 Å². The third-order valence-corrected chi connectivity index (χ3v) is 5.72. The number of rotatable bonds is 4. The molecule has 33 heavy (non-hydrogen) atoms. The number of non-ortho nitro benzene ring substituents is 1. The van der Waals surface area contributed by atoms with E-state index in [2.05, 4.69) is 32.8 Å². The second-order valence-corrected chi connectivity index (χ2v) is 8.64. The van der Waals surface area contributed by atoms with Gasteiger partial charge in [0.2, 0.25) is 5.82 Å². The van der Waals surface area contributed by atoms with Gasteiger partial charge in [0.05, 0.1) is 17.5 Å². The number of nitro benzene ring substituents is 1. The van der Waals surface area contributed by atoms with Crippen LogP contribution in [0.5, 0.6) is 5.75 Å². The van der Waals surface area contributed by atoms with Gasteiger partial charge in [-0.2, -0.15) is 0 Å². The molecule has 1 fully saturated rings. The van der Waals surface area contributed by atoms with Crippen molar-refractivity contribution in [2.24, 2.45) is 0 Å². The molecule has 0 bridgehead atoms. The first-order valence-corrected chi connectivity index (χ1v) is 10.8. The lowest BCUT2D eigenvalue weighted by Crippen LogP contribution is -2.34. The number of nitrogens with zero attached hydrogens (tertiary/aromatic N) is 4. The van der Waals surface area contributed by atoms with Crippen LogP contribution in [0.4, 0.5) is 11.5 Å². The second-order valence-electron chi connectivity index (χ2n) is 8.64. The summed E-state index contributed by atoms with van der Waals surface area (Å²) in [5.74, 6) is 7.74. The highest BCUT2D eigenvalue weighted by molar-refractivity contribution is 5.91. The minimum absolute atomic E-state index is 0.00779. The Morgan fingerprint density at radius 2 is 1.91 bits per heavy atom. The molecular weight excluding hydrogens is 420 g/mol. The summed E-state index contributed by atoms with van der Waals surface area (Å²) in [7, 11) is 1.68. The molecule has 3 aromatic rings. The molecule has 2 heterocycles. The van der Waals surface area contributed by atoms with Gasteiger partial charge in [-0.15, -0.1) is 0 Å². The summed E-state index contributed by atoms with van der Waals surface area (Å²) in [5.41, 5.74) is 0.588. The molecule has 1 N–H and O–H groups in total. The van der Waals surface area contributed by atoms with E-state index in [1.165, 1.54) is 17.7 Å². The Balaban J connectivity index is 1.70. The number of fused-ring (bicyclic) bond motifs is 1. The SMILES string of the molecule is COc1ccccc1C1CCN(c2nc(C#CC(C)(C)O)nc3ccc([N+](=O)[O-])cc23)CC1. The zero-order valence-electron chi connectivity index (χ0n) is 18.9. The minimum Gasteiger partial charge on any atom is -0.496 e. The molecule has 0 spiro atoms. The summed E-state index contributed by atoms with van der Waals surface area (Å²) in [6.45, 7) is 4.65. The van der Waals surface area contributed by atoms with Gasteiger partial charge in [0.25, 0.3) is 5.69 Å². The van der Waals surface area contributed by atoms with Crippen LogP contribution in [0.2, 0.25) is 0 Å². The molecular formula is C25H26N4O4.